The van der Waals surface area contributed by atoms with Gasteiger partial charge in [-0.3, -0.25) is 9.98 Å². The molecular weight excluding hydrogens is 424 g/mol. The molecule has 184 valence electrons. The van der Waals surface area contributed by atoms with Crippen LogP contribution in [0, 0.1) is 0 Å². The molecule has 0 aliphatic heterocycles. The second-order valence-electron chi connectivity index (χ2n) is 8.81. The van der Waals surface area contributed by atoms with Crippen molar-refractivity contribution in [3.8, 4) is 11.5 Å². The molecule has 2 aromatic rings. The number of phenols is 2. The van der Waals surface area contributed by atoms with Crippen molar-refractivity contribution >= 4 is 23.8 Å². The van der Waals surface area contributed by atoms with Crippen LogP contribution in [-0.4, -0.2) is 60.9 Å². The fraction of sp³-hybridized carbons (Fsp3) is 0.500. The van der Waals surface area contributed by atoms with Gasteiger partial charge in [0.1, 0.15) is 11.5 Å². The Morgan fingerprint density at radius 3 is 1.41 bits per heavy atom. The number of phenolic OH excluding ortho intramolecular Hbond substituents is 2. The molecule has 0 saturated heterocycles. The Labute approximate surface area is 204 Å². The lowest BCUT2D eigenvalue weighted by molar-refractivity contribution is 0.390. The molecule has 0 heterocycles. The maximum atomic E-state index is 10.5. The van der Waals surface area contributed by atoms with Gasteiger partial charge in [-0.15, -0.1) is 0 Å². The summed E-state index contributed by atoms with van der Waals surface area (Å²) in [5.74, 6) is 0.504. The lowest BCUT2D eigenvalue weighted by atomic mass is 9.91. The Morgan fingerprint density at radius 1 is 0.706 bits per heavy atom. The lowest BCUT2D eigenvalue weighted by Gasteiger charge is -2.25. The number of aliphatic imine (C=N–C) groups is 2. The Kier molecular flexibility index (Phi) is 9.37. The second kappa shape index (κ2) is 12.4. The average Bonchev–Trinajstić information content (AvgIpc) is 2.85. The van der Waals surface area contributed by atoms with E-state index in [2.05, 4.69) is 37.5 Å². The van der Waals surface area contributed by atoms with E-state index in [-0.39, 0.29) is 23.6 Å². The zero-order chi connectivity index (χ0) is 24.5. The molecule has 2 atom stereocenters. The number of benzene rings is 2. The largest absolute Gasteiger partial charge is 0.507 e. The molecule has 1 fully saturated rings. The monoisotopic (exact) mass is 464 g/mol. The van der Waals surface area contributed by atoms with Gasteiger partial charge in [-0.2, -0.15) is 0 Å². The highest BCUT2D eigenvalue weighted by Gasteiger charge is 2.23. The van der Waals surface area contributed by atoms with Crippen molar-refractivity contribution < 1.29 is 10.2 Å². The van der Waals surface area contributed by atoms with Gasteiger partial charge in [0.25, 0.3) is 0 Å². The molecule has 1 aliphatic carbocycles. The summed E-state index contributed by atoms with van der Waals surface area (Å²) >= 11 is 0. The van der Waals surface area contributed by atoms with Crippen LogP contribution in [0.2, 0.25) is 0 Å². The van der Waals surface area contributed by atoms with E-state index in [1.165, 1.54) is 0 Å². The van der Waals surface area contributed by atoms with E-state index in [1.54, 1.807) is 12.4 Å². The molecule has 0 bridgehead atoms. The van der Waals surface area contributed by atoms with Crippen LogP contribution in [-0.2, 0) is 0 Å². The van der Waals surface area contributed by atoms with Gasteiger partial charge in [0.15, 0.2) is 0 Å². The highest BCUT2D eigenvalue weighted by Crippen LogP contribution is 2.28. The van der Waals surface area contributed by atoms with Crippen molar-refractivity contribution in [3.05, 3.63) is 47.5 Å². The third kappa shape index (κ3) is 6.31. The van der Waals surface area contributed by atoms with Crippen LogP contribution in [0.3, 0.4) is 0 Å². The first kappa shape index (κ1) is 25.6. The first-order chi connectivity index (χ1) is 16.5. The standard InChI is InChI=1S/C28H40N4O2/c1-5-31(6-2)23-15-13-21(27(33)17-23)19-29-25-11-9-10-12-26(25)30-20-22-14-16-24(18-28(22)34)32(7-3)8-4/h13-20,25-26,33-34H,5-12H2,1-4H3. The van der Waals surface area contributed by atoms with Crippen LogP contribution in [0.25, 0.3) is 0 Å². The van der Waals surface area contributed by atoms with E-state index in [0.29, 0.717) is 0 Å². The predicted octanol–water partition coefficient (Wildman–Crippen LogP) is 5.64. The third-order valence-electron chi connectivity index (χ3n) is 6.79. The number of rotatable bonds is 10. The molecule has 0 spiro atoms. The minimum Gasteiger partial charge on any atom is -0.507 e. The number of aromatic hydroxyl groups is 2. The topological polar surface area (TPSA) is 71.7 Å². The van der Waals surface area contributed by atoms with Crippen molar-refractivity contribution in [2.45, 2.75) is 65.5 Å². The molecule has 1 aliphatic rings. The van der Waals surface area contributed by atoms with Crippen LogP contribution >= 0.6 is 0 Å². The van der Waals surface area contributed by atoms with Crippen molar-refractivity contribution in [1.29, 1.82) is 0 Å². The number of nitrogens with zero attached hydrogens (tertiary/aromatic N) is 4. The first-order valence-electron chi connectivity index (χ1n) is 12.7. The summed E-state index contributed by atoms with van der Waals surface area (Å²) in [4.78, 5) is 14.1. The Hall–Kier alpha value is -3.02. The number of hydrogen-bond donors (Lipinski definition) is 2. The van der Waals surface area contributed by atoms with Gasteiger partial charge >= 0.3 is 0 Å². The first-order valence-corrected chi connectivity index (χ1v) is 12.7. The summed E-state index contributed by atoms with van der Waals surface area (Å²) in [6.45, 7) is 12.0. The van der Waals surface area contributed by atoms with E-state index in [1.807, 2.05) is 36.4 Å². The number of anilines is 2. The maximum Gasteiger partial charge on any atom is 0.126 e. The fourth-order valence-electron chi connectivity index (χ4n) is 4.64. The quantitative estimate of drug-likeness (QED) is 0.447. The molecule has 34 heavy (non-hydrogen) atoms. The van der Waals surface area contributed by atoms with Gasteiger partial charge < -0.3 is 20.0 Å². The Bertz CT molecular complexity index is 901. The SMILES string of the molecule is CCN(CC)c1ccc(C=NC2CCCCC2N=Cc2ccc(N(CC)CC)cc2O)c(O)c1. The van der Waals surface area contributed by atoms with Crippen molar-refractivity contribution in [3.63, 3.8) is 0 Å². The van der Waals surface area contributed by atoms with Crippen LogP contribution in [0.15, 0.2) is 46.4 Å². The van der Waals surface area contributed by atoms with E-state index in [9.17, 15) is 10.2 Å². The Morgan fingerprint density at radius 2 is 1.09 bits per heavy atom. The molecular formula is C28H40N4O2. The summed E-state index contributed by atoms with van der Waals surface area (Å²) in [6, 6.07) is 11.7. The molecule has 0 amide bonds. The van der Waals surface area contributed by atoms with Gasteiger partial charge in [-0.25, -0.2) is 0 Å². The molecule has 0 radical (unpaired) electrons. The van der Waals surface area contributed by atoms with Crippen LogP contribution in [0.4, 0.5) is 11.4 Å². The molecule has 3 rings (SSSR count). The van der Waals surface area contributed by atoms with Crippen LogP contribution in [0.5, 0.6) is 11.5 Å². The van der Waals surface area contributed by atoms with Crippen LogP contribution in [0.1, 0.15) is 64.5 Å². The smallest absolute Gasteiger partial charge is 0.126 e. The van der Waals surface area contributed by atoms with E-state index in [4.69, 9.17) is 9.98 Å². The summed E-state index contributed by atoms with van der Waals surface area (Å²) in [6.07, 6.45) is 7.79. The molecule has 2 aromatic carbocycles. The zero-order valence-electron chi connectivity index (χ0n) is 21.1. The van der Waals surface area contributed by atoms with E-state index < -0.39 is 0 Å². The normalized spacial score (nSPS) is 18.6. The zero-order valence-corrected chi connectivity index (χ0v) is 21.1. The average molecular weight is 465 g/mol. The predicted molar refractivity (Wildman–Crippen MR) is 145 cm³/mol. The minimum absolute atomic E-state index is 0.0731. The van der Waals surface area contributed by atoms with Gasteiger partial charge in [-0.1, -0.05) is 12.8 Å². The third-order valence-corrected chi connectivity index (χ3v) is 6.79. The highest BCUT2D eigenvalue weighted by molar-refractivity contribution is 5.85. The fourth-order valence-corrected chi connectivity index (χ4v) is 4.64. The van der Waals surface area contributed by atoms with Gasteiger partial charge in [-0.05, 0) is 64.8 Å². The van der Waals surface area contributed by atoms with Crippen molar-refractivity contribution in [1.82, 2.24) is 0 Å². The highest BCUT2D eigenvalue weighted by atomic mass is 16.3. The van der Waals surface area contributed by atoms with Gasteiger partial charge in [0.2, 0.25) is 0 Å². The number of hydrogen-bond acceptors (Lipinski definition) is 6. The molecule has 1 saturated carbocycles. The van der Waals surface area contributed by atoms with Crippen LogP contribution < -0.4 is 9.80 Å². The van der Waals surface area contributed by atoms with Crippen molar-refractivity contribution in [2.24, 2.45) is 9.98 Å². The Balaban J connectivity index is 1.72. The molecule has 2 unspecified atom stereocenters. The molecule has 2 N–H and O–H groups in total. The maximum absolute atomic E-state index is 10.5. The summed E-state index contributed by atoms with van der Waals surface area (Å²) in [7, 11) is 0. The van der Waals surface area contributed by atoms with E-state index >= 15 is 0 Å². The van der Waals surface area contributed by atoms with E-state index in [0.717, 1.165) is 74.4 Å². The van der Waals surface area contributed by atoms with Gasteiger partial charge in [0, 0.05) is 73.2 Å². The molecule has 0 aromatic heterocycles. The molecule has 6 heteroatoms. The summed E-state index contributed by atoms with van der Waals surface area (Å²) < 4.78 is 0. The summed E-state index contributed by atoms with van der Waals surface area (Å²) in [5.41, 5.74) is 3.50. The van der Waals surface area contributed by atoms with Crippen molar-refractivity contribution in [2.75, 3.05) is 36.0 Å². The van der Waals surface area contributed by atoms with Gasteiger partial charge in [0.05, 0.1) is 12.1 Å². The molecule has 6 nitrogen and oxygen atoms in total. The summed E-state index contributed by atoms with van der Waals surface area (Å²) in [5, 5.41) is 21.1. The lowest BCUT2D eigenvalue weighted by Crippen LogP contribution is -2.27. The minimum atomic E-state index is 0.0731. The second-order valence-corrected chi connectivity index (χ2v) is 8.81.